The van der Waals surface area contributed by atoms with Crippen LogP contribution < -0.4 is 0 Å². The van der Waals surface area contributed by atoms with Crippen molar-refractivity contribution in [1.82, 2.24) is 14.9 Å². The average molecular weight is 319 g/mol. The van der Waals surface area contributed by atoms with Crippen LogP contribution in [-0.2, 0) is 17.6 Å². The first-order valence-electron chi connectivity index (χ1n) is 8.51. The lowest BCUT2D eigenvalue weighted by molar-refractivity contribution is -0.129. The highest BCUT2D eigenvalue weighted by molar-refractivity contribution is 5.79. The number of carbonyl (C=O) groups excluding carboxylic acids is 1. The van der Waals surface area contributed by atoms with Crippen molar-refractivity contribution in [1.29, 1.82) is 0 Å². The highest BCUT2D eigenvalue weighted by Gasteiger charge is 2.26. The van der Waals surface area contributed by atoms with E-state index in [1.807, 2.05) is 47.6 Å². The molecule has 4 heteroatoms. The largest absolute Gasteiger partial charge is 0.346 e. The summed E-state index contributed by atoms with van der Waals surface area (Å²) < 4.78 is 0. The van der Waals surface area contributed by atoms with Crippen molar-refractivity contribution >= 4 is 16.9 Å². The lowest BCUT2D eigenvalue weighted by atomic mass is 9.99. The predicted octanol–water partition coefficient (Wildman–Crippen LogP) is 3.20. The van der Waals surface area contributed by atoms with Gasteiger partial charge in [-0.1, -0.05) is 30.3 Å². The maximum absolute atomic E-state index is 12.5. The summed E-state index contributed by atoms with van der Waals surface area (Å²) in [6.07, 6.45) is 6.44. The minimum Gasteiger partial charge on any atom is -0.346 e. The van der Waals surface area contributed by atoms with E-state index < -0.39 is 0 Å². The monoisotopic (exact) mass is 319 g/mol. The van der Waals surface area contributed by atoms with E-state index >= 15 is 0 Å². The fourth-order valence-corrected chi connectivity index (χ4v) is 3.54. The highest BCUT2D eigenvalue weighted by Crippen LogP contribution is 2.23. The van der Waals surface area contributed by atoms with Gasteiger partial charge in [0.2, 0.25) is 5.91 Å². The number of rotatable bonds is 4. The molecule has 0 radical (unpaired) electrons. The molecular formula is C20H21N3O. The average Bonchev–Trinajstić information content (AvgIpc) is 3.24. The fourth-order valence-electron chi connectivity index (χ4n) is 3.54. The number of amides is 1. The van der Waals surface area contributed by atoms with Crippen LogP contribution >= 0.6 is 0 Å². The van der Waals surface area contributed by atoms with Crippen LogP contribution in [0.1, 0.15) is 17.5 Å². The number of carbonyl (C=O) groups is 1. The van der Waals surface area contributed by atoms with E-state index in [2.05, 4.69) is 22.1 Å². The number of likely N-dealkylation sites (tertiary alicyclic amines) is 1. The van der Waals surface area contributed by atoms with Gasteiger partial charge in [-0.05, 0) is 42.0 Å². The second-order valence-electron chi connectivity index (χ2n) is 6.62. The molecule has 1 aliphatic heterocycles. The Balaban J connectivity index is 1.36. The molecular weight excluding hydrogens is 298 g/mol. The summed E-state index contributed by atoms with van der Waals surface area (Å²) in [7, 11) is 0. The number of aromatic amines is 1. The Morgan fingerprint density at radius 3 is 2.96 bits per heavy atom. The number of hydrogen-bond donors (Lipinski definition) is 1. The third-order valence-corrected chi connectivity index (χ3v) is 4.82. The van der Waals surface area contributed by atoms with Crippen molar-refractivity contribution in [2.45, 2.75) is 19.3 Å². The van der Waals surface area contributed by atoms with Gasteiger partial charge in [0, 0.05) is 30.9 Å². The van der Waals surface area contributed by atoms with Gasteiger partial charge in [-0.2, -0.15) is 0 Å². The third-order valence-electron chi connectivity index (χ3n) is 4.82. The van der Waals surface area contributed by atoms with Crippen LogP contribution in [0.4, 0.5) is 0 Å². The smallest absolute Gasteiger partial charge is 0.226 e. The van der Waals surface area contributed by atoms with E-state index in [9.17, 15) is 4.79 Å². The quantitative estimate of drug-likeness (QED) is 0.803. The number of nitrogens with one attached hydrogen (secondary N) is 1. The lowest BCUT2D eigenvalue weighted by Gasteiger charge is -2.16. The minimum atomic E-state index is 0.239. The van der Waals surface area contributed by atoms with E-state index in [0.29, 0.717) is 12.3 Å². The molecule has 0 unspecified atom stereocenters. The van der Waals surface area contributed by atoms with Crippen molar-refractivity contribution in [3.05, 3.63) is 66.0 Å². The SMILES string of the molecule is O=C(Cc1ccccc1)N1CC[C@@H](Cc2cnc3[nH]ccc3c2)C1. The second-order valence-corrected chi connectivity index (χ2v) is 6.62. The molecule has 1 fully saturated rings. The van der Waals surface area contributed by atoms with Gasteiger partial charge in [-0.3, -0.25) is 4.79 Å². The first-order chi connectivity index (χ1) is 11.8. The lowest BCUT2D eigenvalue weighted by Crippen LogP contribution is -2.30. The molecule has 0 bridgehead atoms. The molecule has 1 aromatic carbocycles. The Morgan fingerprint density at radius 2 is 2.08 bits per heavy atom. The van der Waals surface area contributed by atoms with Gasteiger partial charge in [0.25, 0.3) is 0 Å². The molecule has 0 spiro atoms. The zero-order valence-electron chi connectivity index (χ0n) is 13.6. The van der Waals surface area contributed by atoms with Crippen LogP contribution in [0, 0.1) is 5.92 Å². The van der Waals surface area contributed by atoms with Crippen molar-refractivity contribution in [2.75, 3.05) is 13.1 Å². The summed E-state index contributed by atoms with van der Waals surface area (Å²) in [5.74, 6) is 0.769. The molecule has 1 saturated heterocycles. The van der Waals surface area contributed by atoms with Gasteiger partial charge in [0.05, 0.1) is 6.42 Å². The van der Waals surface area contributed by atoms with Crippen LogP contribution in [0.3, 0.4) is 0 Å². The number of fused-ring (bicyclic) bond motifs is 1. The highest BCUT2D eigenvalue weighted by atomic mass is 16.2. The van der Waals surface area contributed by atoms with Crippen LogP contribution in [0.5, 0.6) is 0 Å². The van der Waals surface area contributed by atoms with E-state index in [-0.39, 0.29) is 5.91 Å². The topological polar surface area (TPSA) is 49.0 Å². The zero-order valence-corrected chi connectivity index (χ0v) is 13.6. The molecule has 3 aromatic rings. The summed E-state index contributed by atoms with van der Waals surface area (Å²) in [5.41, 5.74) is 3.28. The molecule has 1 aliphatic rings. The van der Waals surface area contributed by atoms with E-state index in [1.165, 1.54) is 5.56 Å². The molecule has 122 valence electrons. The minimum absolute atomic E-state index is 0.239. The fraction of sp³-hybridized carbons (Fsp3) is 0.300. The first kappa shape index (κ1) is 14.9. The Hall–Kier alpha value is -2.62. The Bertz CT molecular complexity index is 840. The molecule has 1 atom stereocenters. The van der Waals surface area contributed by atoms with Gasteiger partial charge < -0.3 is 9.88 Å². The predicted molar refractivity (Wildman–Crippen MR) is 94.6 cm³/mol. The van der Waals surface area contributed by atoms with E-state index in [4.69, 9.17) is 0 Å². The van der Waals surface area contributed by atoms with Crippen LogP contribution in [-0.4, -0.2) is 33.9 Å². The first-order valence-corrected chi connectivity index (χ1v) is 8.51. The van der Waals surface area contributed by atoms with Gasteiger partial charge in [-0.25, -0.2) is 4.98 Å². The van der Waals surface area contributed by atoms with Gasteiger partial charge in [-0.15, -0.1) is 0 Å². The van der Waals surface area contributed by atoms with Crippen molar-refractivity contribution in [3.63, 3.8) is 0 Å². The number of hydrogen-bond acceptors (Lipinski definition) is 2. The van der Waals surface area contributed by atoms with Crippen LogP contribution in [0.2, 0.25) is 0 Å². The Labute approximate surface area is 141 Å². The maximum atomic E-state index is 12.5. The molecule has 0 saturated carbocycles. The Morgan fingerprint density at radius 1 is 1.21 bits per heavy atom. The second kappa shape index (κ2) is 6.48. The number of aromatic nitrogens is 2. The molecule has 4 nitrogen and oxygen atoms in total. The number of benzene rings is 1. The van der Waals surface area contributed by atoms with Crippen molar-refractivity contribution in [2.24, 2.45) is 5.92 Å². The summed E-state index contributed by atoms with van der Waals surface area (Å²) in [4.78, 5) is 22.1. The van der Waals surface area contributed by atoms with Crippen molar-refractivity contribution < 1.29 is 4.79 Å². The maximum Gasteiger partial charge on any atom is 0.226 e. The summed E-state index contributed by atoms with van der Waals surface area (Å²) in [6.45, 7) is 1.73. The number of H-pyrrole nitrogens is 1. The normalized spacial score (nSPS) is 17.5. The molecule has 3 heterocycles. The molecule has 4 rings (SSSR count). The van der Waals surface area contributed by atoms with Crippen LogP contribution in [0.15, 0.2) is 54.9 Å². The zero-order chi connectivity index (χ0) is 16.4. The number of nitrogens with zero attached hydrogens (tertiary/aromatic N) is 2. The Kier molecular flexibility index (Phi) is 4.03. The summed E-state index contributed by atoms with van der Waals surface area (Å²) >= 11 is 0. The summed E-state index contributed by atoms with van der Waals surface area (Å²) in [6, 6.07) is 14.2. The van der Waals surface area contributed by atoms with Crippen molar-refractivity contribution in [3.8, 4) is 0 Å². The van der Waals surface area contributed by atoms with Gasteiger partial charge in [0.1, 0.15) is 5.65 Å². The molecule has 0 aliphatic carbocycles. The molecule has 2 aromatic heterocycles. The third kappa shape index (κ3) is 3.18. The van der Waals surface area contributed by atoms with Gasteiger partial charge in [0.15, 0.2) is 0 Å². The summed E-state index contributed by atoms with van der Waals surface area (Å²) in [5, 5.41) is 1.16. The standard InChI is InChI=1S/C20H21N3O/c24-19(12-15-4-2-1-3-5-15)23-9-7-16(14-23)10-17-11-18-6-8-21-20(18)22-13-17/h1-6,8,11,13,16H,7,9-10,12,14H2,(H,21,22)/t16-/m0/s1. The molecule has 1 N–H and O–H groups in total. The van der Waals surface area contributed by atoms with E-state index in [0.717, 1.165) is 42.5 Å². The molecule has 24 heavy (non-hydrogen) atoms. The number of pyridine rings is 1. The van der Waals surface area contributed by atoms with Crippen LogP contribution in [0.25, 0.3) is 11.0 Å². The van der Waals surface area contributed by atoms with Gasteiger partial charge >= 0.3 is 0 Å². The molecule has 1 amide bonds. The van der Waals surface area contributed by atoms with E-state index in [1.54, 1.807) is 0 Å².